The van der Waals surface area contributed by atoms with Gasteiger partial charge >= 0.3 is 17.9 Å². The Kier molecular flexibility index (Phi) is 62.6. The topological polar surface area (TPSA) is 78.9 Å². The van der Waals surface area contributed by atoms with Crippen molar-refractivity contribution in [3.05, 3.63) is 24.3 Å². The molecule has 0 aliphatic carbocycles. The van der Waals surface area contributed by atoms with Crippen LogP contribution in [0.2, 0.25) is 0 Å². The van der Waals surface area contributed by atoms with Gasteiger partial charge in [-0.15, -0.1) is 0 Å². The van der Waals surface area contributed by atoms with Crippen LogP contribution in [0.25, 0.3) is 0 Å². The molecule has 0 saturated carbocycles. The highest BCUT2D eigenvalue weighted by molar-refractivity contribution is 5.71. The van der Waals surface area contributed by atoms with Crippen molar-refractivity contribution < 1.29 is 28.6 Å². The molecule has 0 saturated heterocycles. The van der Waals surface area contributed by atoms with Gasteiger partial charge in [0.25, 0.3) is 0 Å². The lowest BCUT2D eigenvalue weighted by Gasteiger charge is -2.18. The first-order chi connectivity index (χ1) is 37.0. The largest absolute Gasteiger partial charge is 0.462 e. The Morgan fingerprint density at radius 1 is 0.267 bits per heavy atom. The van der Waals surface area contributed by atoms with Gasteiger partial charge in [-0.3, -0.25) is 14.4 Å². The smallest absolute Gasteiger partial charge is 0.306 e. The highest BCUT2D eigenvalue weighted by atomic mass is 16.6. The highest BCUT2D eigenvalue weighted by Crippen LogP contribution is 2.19. The fraction of sp³-hybridized carbons (Fsp3) is 0.899. The molecule has 0 spiro atoms. The molecule has 0 aliphatic heterocycles. The van der Waals surface area contributed by atoms with E-state index in [1.165, 1.54) is 250 Å². The summed E-state index contributed by atoms with van der Waals surface area (Å²) in [5, 5.41) is 0. The lowest BCUT2D eigenvalue weighted by Crippen LogP contribution is -2.30. The zero-order valence-corrected chi connectivity index (χ0v) is 50.8. The summed E-state index contributed by atoms with van der Waals surface area (Å²) in [6.45, 7) is 6.61. The van der Waals surface area contributed by atoms with Gasteiger partial charge in [0.05, 0.1) is 0 Å². The Morgan fingerprint density at radius 2 is 0.507 bits per heavy atom. The van der Waals surface area contributed by atoms with Gasteiger partial charge in [0.15, 0.2) is 6.10 Å². The van der Waals surface area contributed by atoms with E-state index in [1.54, 1.807) is 0 Å². The molecule has 0 amide bonds. The van der Waals surface area contributed by atoms with E-state index in [0.29, 0.717) is 19.3 Å². The molecule has 1 unspecified atom stereocenters. The number of esters is 3. The lowest BCUT2D eigenvalue weighted by molar-refractivity contribution is -0.167. The second-order valence-electron chi connectivity index (χ2n) is 23.1. The molecule has 0 rings (SSSR count). The molecule has 0 radical (unpaired) electrons. The van der Waals surface area contributed by atoms with Gasteiger partial charge in [0.2, 0.25) is 0 Å². The SMILES string of the molecule is CCC/C=C\C/C=C\CCCCCCCC(=O)OC(COC(=O)CCCCCCCCCCCC)COC(=O)CCCCCCCCCCCCCCCCCCCCCCCCCCCCCCCCCCCC. The summed E-state index contributed by atoms with van der Waals surface area (Å²) in [6.07, 6.45) is 78.1. The second kappa shape index (κ2) is 64.4. The lowest BCUT2D eigenvalue weighted by atomic mass is 10.0. The summed E-state index contributed by atoms with van der Waals surface area (Å²) in [4.78, 5) is 38.1. The maximum atomic E-state index is 12.8. The van der Waals surface area contributed by atoms with Gasteiger partial charge in [-0.1, -0.05) is 340 Å². The predicted molar refractivity (Wildman–Crippen MR) is 326 cm³/mol. The van der Waals surface area contributed by atoms with Crippen molar-refractivity contribution in [1.29, 1.82) is 0 Å². The van der Waals surface area contributed by atoms with Crippen LogP contribution in [-0.4, -0.2) is 37.2 Å². The zero-order chi connectivity index (χ0) is 54.3. The number of carbonyl (C=O) groups is 3. The van der Waals surface area contributed by atoms with Crippen LogP contribution in [0, 0.1) is 0 Å². The highest BCUT2D eigenvalue weighted by Gasteiger charge is 2.19. The average Bonchev–Trinajstić information content (AvgIpc) is 3.41. The molecular weight excluding hydrogens is 925 g/mol. The van der Waals surface area contributed by atoms with Crippen molar-refractivity contribution in [2.24, 2.45) is 0 Å². The van der Waals surface area contributed by atoms with E-state index in [9.17, 15) is 14.4 Å². The van der Waals surface area contributed by atoms with Crippen LogP contribution in [-0.2, 0) is 28.6 Å². The van der Waals surface area contributed by atoms with Crippen molar-refractivity contribution in [3.8, 4) is 0 Å². The normalized spacial score (nSPS) is 12.1. The molecule has 442 valence electrons. The second-order valence-corrected chi connectivity index (χ2v) is 23.1. The fourth-order valence-electron chi connectivity index (χ4n) is 10.4. The molecule has 0 aromatic heterocycles. The van der Waals surface area contributed by atoms with E-state index in [1.807, 2.05) is 0 Å². The van der Waals surface area contributed by atoms with Crippen LogP contribution in [0.15, 0.2) is 24.3 Å². The van der Waals surface area contributed by atoms with E-state index in [0.717, 1.165) is 89.9 Å². The Morgan fingerprint density at radius 3 is 0.787 bits per heavy atom. The third kappa shape index (κ3) is 62.6. The summed E-state index contributed by atoms with van der Waals surface area (Å²) in [7, 11) is 0. The molecule has 0 aliphatic rings. The maximum absolute atomic E-state index is 12.8. The summed E-state index contributed by atoms with van der Waals surface area (Å²) in [5.41, 5.74) is 0. The molecule has 6 nitrogen and oxygen atoms in total. The third-order valence-electron chi connectivity index (χ3n) is 15.4. The Bertz CT molecular complexity index is 1210. The molecule has 6 heteroatoms. The average molecular weight is 1060 g/mol. The van der Waals surface area contributed by atoms with Crippen molar-refractivity contribution in [3.63, 3.8) is 0 Å². The van der Waals surface area contributed by atoms with Crippen LogP contribution in [0.5, 0.6) is 0 Å². The number of unbranched alkanes of at least 4 members (excludes halogenated alkanes) is 48. The molecule has 1 atom stereocenters. The monoisotopic (exact) mass is 1050 g/mol. The minimum Gasteiger partial charge on any atom is -0.462 e. The van der Waals surface area contributed by atoms with Crippen molar-refractivity contribution in [2.45, 2.75) is 386 Å². The molecule has 0 heterocycles. The maximum Gasteiger partial charge on any atom is 0.306 e. The van der Waals surface area contributed by atoms with Crippen LogP contribution in [0.3, 0.4) is 0 Å². The number of allylic oxidation sites excluding steroid dienone is 4. The molecule has 75 heavy (non-hydrogen) atoms. The summed E-state index contributed by atoms with van der Waals surface area (Å²) in [6, 6.07) is 0. The van der Waals surface area contributed by atoms with Gasteiger partial charge in [0, 0.05) is 19.3 Å². The van der Waals surface area contributed by atoms with E-state index in [2.05, 4.69) is 45.1 Å². The van der Waals surface area contributed by atoms with Crippen LogP contribution < -0.4 is 0 Å². The Balaban J connectivity index is 3.95. The van der Waals surface area contributed by atoms with Crippen molar-refractivity contribution >= 4 is 17.9 Å². The number of hydrogen-bond acceptors (Lipinski definition) is 6. The summed E-state index contributed by atoms with van der Waals surface area (Å²) in [5.74, 6) is -0.866. The number of hydrogen-bond donors (Lipinski definition) is 0. The van der Waals surface area contributed by atoms with Gasteiger partial charge in [0.1, 0.15) is 13.2 Å². The van der Waals surface area contributed by atoms with Crippen molar-refractivity contribution in [2.75, 3.05) is 13.2 Å². The van der Waals surface area contributed by atoms with Gasteiger partial charge in [-0.25, -0.2) is 0 Å². The summed E-state index contributed by atoms with van der Waals surface area (Å²) >= 11 is 0. The zero-order valence-electron chi connectivity index (χ0n) is 50.8. The first kappa shape index (κ1) is 72.9. The van der Waals surface area contributed by atoms with Gasteiger partial charge in [-0.2, -0.15) is 0 Å². The molecule has 0 bridgehead atoms. The molecule has 0 aromatic rings. The minimum absolute atomic E-state index is 0.0717. The van der Waals surface area contributed by atoms with E-state index < -0.39 is 6.10 Å². The number of ether oxygens (including phenoxy) is 3. The Hall–Kier alpha value is -2.11. The first-order valence-corrected chi connectivity index (χ1v) is 33.8. The minimum atomic E-state index is -0.773. The number of carbonyl (C=O) groups excluding carboxylic acids is 3. The standard InChI is InChI=1S/C69H130O6/c1-4-7-10-13-16-19-22-24-25-26-27-28-29-30-31-32-33-34-35-36-37-38-39-40-41-42-43-44-46-47-50-53-56-59-62-68(71)74-65-66(64-73-67(70)61-58-55-52-49-21-18-15-12-9-6-3)75-69(72)63-60-57-54-51-48-45-23-20-17-14-11-8-5-2/h11,14,20,23,66H,4-10,12-13,15-19,21-22,24-65H2,1-3H3/b14-11-,23-20-. The number of rotatable bonds is 63. The third-order valence-corrected chi connectivity index (χ3v) is 15.4. The van der Waals surface area contributed by atoms with Crippen LogP contribution >= 0.6 is 0 Å². The van der Waals surface area contributed by atoms with E-state index in [-0.39, 0.29) is 31.1 Å². The van der Waals surface area contributed by atoms with E-state index >= 15 is 0 Å². The van der Waals surface area contributed by atoms with Crippen LogP contribution in [0.1, 0.15) is 380 Å². The first-order valence-electron chi connectivity index (χ1n) is 33.8. The van der Waals surface area contributed by atoms with Gasteiger partial charge < -0.3 is 14.2 Å². The van der Waals surface area contributed by atoms with Gasteiger partial charge in [-0.05, 0) is 44.9 Å². The molecule has 0 fully saturated rings. The fourth-order valence-corrected chi connectivity index (χ4v) is 10.4. The quantitative estimate of drug-likeness (QED) is 0.0261. The van der Waals surface area contributed by atoms with E-state index in [4.69, 9.17) is 14.2 Å². The molecule has 0 N–H and O–H groups in total. The molecule has 0 aromatic carbocycles. The summed E-state index contributed by atoms with van der Waals surface area (Å²) < 4.78 is 16.9. The predicted octanol–water partition coefficient (Wildman–Crippen LogP) is 23.0. The van der Waals surface area contributed by atoms with Crippen molar-refractivity contribution in [1.82, 2.24) is 0 Å². The van der Waals surface area contributed by atoms with Crippen LogP contribution in [0.4, 0.5) is 0 Å². The Labute approximate surface area is 468 Å². The molecular formula is C69H130O6.